The summed E-state index contributed by atoms with van der Waals surface area (Å²) < 4.78 is 7.74. The second-order valence-corrected chi connectivity index (χ2v) is 6.52. The van der Waals surface area contributed by atoms with Gasteiger partial charge in [-0.15, -0.1) is 0 Å². The minimum atomic E-state index is 0.844. The van der Waals surface area contributed by atoms with E-state index in [1.165, 1.54) is 16.7 Å². The molecule has 1 aromatic heterocycles. The first-order valence-electron chi connectivity index (χ1n) is 8.73. The summed E-state index contributed by atoms with van der Waals surface area (Å²) in [6.45, 7) is 0.844. The molecule has 3 heteroatoms. The van der Waals surface area contributed by atoms with Crippen molar-refractivity contribution >= 4 is 0 Å². The third-order valence-corrected chi connectivity index (χ3v) is 4.96. The Labute approximate surface area is 152 Å². The van der Waals surface area contributed by atoms with E-state index in [1.807, 2.05) is 18.2 Å². The van der Waals surface area contributed by atoms with Crippen LogP contribution < -0.4 is 4.74 Å². The molecular formula is C23H18N2O. The Bertz CT molecular complexity index is 1080. The number of aromatic nitrogens is 2. The van der Waals surface area contributed by atoms with Gasteiger partial charge in [0.05, 0.1) is 18.4 Å². The summed E-state index contributed by atoms with van der Waals surface area (Å²) in [6.07, 6.45) is 2.13. The van der Waals surface area contributed by atoms with Crippen LogP contribution in [0.1, 0.15) is 5.56 Å². The van der Waals surface area contributed by atoms with E-state index >= 15 is 0 Å². The van der Waals surface area contributed by atoms with Gasteiger partial charge >= 0.3 is 0 Å². The Morgan fingerprint density at radius 2 is 1.54 bits per heavy atom. The van der Waals surface area contributed by atoms with E-state index in [1.54, 1.807) is 7.11 Å². The smallest absolute Gasteiger partial charge is 0.145 e. The van der Waals surface area contributed by atoms with E-state index in [-0.39, 0.29) is 0 Å². The van der Waals surface area contributed by atoms with Crippen LogP contribution in [0.25, 0.3) is 33.8 Å². The topological polar surface area (TPSA) is 27.1 Å². The van der Waals surface area contributed by atoms with Gasteiger partial charge in [-0.2, -0.15) is 0 Å². The van der Waals surface area contributed by atoms with E-state index in [2.05, 4.69) is 65.4 Å². The Morgan fingerprint density at radius 3 is 2.31 bits per heavy atom. The molecule has 0 N–H and O–H groups in total. The molecule has 0 aliphatic carbocycles. The number of hydrogen-bond acceptors (Lipinski definition) is 2. The van der Waals surface area contributed by atoms with E-state index < -0.39 is 0 Å². The molecular weight excluding hydrogens is 320 g/mol. The van der Waals surface area contributed by atoms with Gasteiger partial charge in [-0.3, -0.25) is 0 Å². The molecule has 0 atom stereocenters. The van der Waals surface area contributed by atoms with Gasteiger partial charge in [0, 0.05) is 18.3 Å². The molecule has 4 aromatic rings. The van der Waals surface area contributed by atoms with Gasteiger partial charge in [0.1, 0.15) is 11.6 Å². The monoisotopic (exact) mass is 338 g/mol. The first kappa shape index (κ1) is 15.0. The van der Waals surface area contributed by atoms with Crippen LogP contribution in [0, 0.1) is 0 Å². The second-order valence-electron chi connectivity index (χ2n) is 6.52. The van der Waals surface area contributed by atoms with Crippen molar-refractivity contribution in [1.82, 2.24) is 9.55 Å². The van der Waals surface area contributed by atoms with Crippen LogP contribution in [0.3, 0.4) is 0 Å². The molecule has 2 heterocycles. The molecule has 1 aliphatic rings. The number of benzene rings is 3. The Morgan fingerprint density at radius 1 is 0.808 bits per heavy atom. The highest BCUT2D eigenvalue weighted by molar-refractivity contribution is 5.76. The number of ether oxygens (including phenoxy) is 1. The van der Waals surface area contributed by atoms with Crippen molar-refractivity contribution in [3.05, 3.63) is 84.6 Å². The molecule has 0 saturated heterocycles. The number of methoxy groups -OCH3 is 1. The van der Waals surface area contributed by atoms with Crippen LogP contribution >= 0.6 is 0 Å². The molecule has 5 rings (SSSR count). The second kappa shape index (κ2) is 5.88. The van der Waals surface area contributed by atoms with Crippen molar-refractivity contribution in [3.8, 4) is 39.5 Å². The van der Waals surface area contributed by atoms with Gasteiger partial charge in [0.2, 0.25) is 0 Å². The summed E-state index contributed by atoms with van der Waals surface area (Å²) >= 11 is 0. The molecule has 1 aliphatic heterocycles. The molecule has 0 bridgehead atoms. The highest BCUT2D eigenvalue weighted by atomic mass is 16.5. The lowest BCUT2D eigenvalue weighted by molar-refractivity contribution is 0.416. The van der Waals surface area contributed by atoms with E-state index in [9.17, 15) is 0 Å². The molecule has 126 valence electrons. The highest BCUT2D eigenvalue weighted by Crippen LogP contribution is 2.39. The van der Waals surface area contributed by atoms with Crippen LogP contribution in [0.5, 0.6) is 5.75 Å². The summed E-state index contributed by atoms with van der Waals surface area (Å²) in [6, 6.07) is 25.2. The predicted octanol–water partition coefficient (Wildman–Crippen LogP) is 5.25. The first-order valence-corrected chi connectivity index (χ1v) is 8.73. The summed E-state index contributed by atoms with van der Waals surface area (Å²) in [5.74, 6) is 1.87. The van der Waals surface area contributed by atoms with Crippen LogP contribution in [0.15, 0.2) is 79.0 Å². The average molecular weight is 338 g/mol. The molecule has 0 saturated carbocycles. The van der Waals surface area contributed by atoms with Gasteiger partial charge in [-0.25, -0.2) is 4.98 Å². The molecule has 0 unspecified atom stereocenters. The first-order chi connectivity index (χ1) is 12.8. The number of imidazole rings is 1. The van der Waals surface area contributed by atoms with Crippen molar-refractivity contribution in [2.24, 2.45) is 0 Å². The zero-order valence-corrected chi connectivity index (χ0v) is 14.5. The molecule has 0 fully saturated rings. The van der Waals surface area contributed by atoms with Gasteiger partial charge < -0.3 is 9.30 Å². The fourth-order valence-corrected chi connectivity index (χ4v) is 3.65. The quantitative estimate of drug-likeness (QED) is 0.449. The van der Waals surface area contributed by atoms with E-state index in [0.717, 1.165) is 34.9 Å². The number of fused-ring (bicyclic) bond motifs is 3. The maximum absolute atomic E-state index is 5.54. The van der Waals surface area contributed by atoms with Crippen LogP contribution in [0.4, 0.5) is 0 Å². The molecule has 0 radical (unpaired) electrons. The van der Waals surface area contributed by atoms with Gasteiger partial charge in [-0.1, -0.05) is 66.7 Å². The Hall–Kier alpha value is -3.33. The Kier molecular flexibility index (Phi) is 3.39. The minimum absolute atomic E-state index is 0.844. The van der Waals surface area contributed by atoms with E-state index in [4.69, 9.17) is 9.72 Å². The van der Waals surface area contributed by atoms with Gasteiger partial charge in [0.25, 0.3) is 0 Å². The van der Waals surface area contributed by atoms with Crippen LogP contribution in [-0.2, 0) is 6.54 Å². The fourth-order valence-electron chi connectivity index (χ4n) is 3.65. The third-order valence-electron chi connectivity index (χ3n) is 4.96. The maximum atomic E-state index is 5.54. The zero-order chi connectivity index (χ0) is 17.5. The highest BCUT2D eigenvalue weighted by Gasteiger charge is 2.24. The number of nitrogens with zero attached hydrogens (tertiary/aromatic N) is 2. The van der Waals surface area contributed by atoms with Gasteiger partial charge in [-0.05, 0) is 22.8 Å². The summed E-state index contributed by atoms with van der Waals surface area (Å²) in [5.41, 5.74) is 6.94. The maximum Gasteiger partial charge on any atom is 0.145 e. The lowest BCUT2D eigenvalue weighted by atomic mass is 10.0. The SMILES string of the molecule is COc1cccc2c1-c1nc(-c3ccc(-c4ccccc4)cc3)cn1C2. The fraction of sp³-hybridized carbons (Fsp3) is 0.0870. The van der Waals surface area contributed by atoms with Crippen LogP contribution in [-0.4, -0.2) is 16.7 Å². The summed E-state index contributed by atoms with van der Waals surface area (Å²) in [7, 11) is 1.71. The lowest BCUT2D eigenvalue weighted by Gasteiger charge is -2.06. The van der Waals surface area contributed by atoms with E-state index in [0.29, 0.717) is 0 Å². The average Bonchev–Trinajstić information content (AvgIpc) is 3.26. The predicted molar refractivity (Wildman–Crippen MR) is 104 cm³/mol. The van der Waals surface area contributed by atoms with Crippen molar-refractivity contribution in [3.63, 3.8) is 0 Å². The molecule has 3 nitrogen and oxygen atoms in total. The van der Waals surface area contributed by atoms with Crippen molar-refractivity contribution in [1.29, 1.82) is 0 Å². The van der Waals surface area contributed by atoms with Crippen molar-refractivity contribution < 1.29 is 4.74 Å². The lowest BCUT2D eigenvalue weighted by Crippen LogP contribution is -1.90. The molecule has 3 aromatic carbocycles. The largest absolute Gasteiger partial charge is 0.496 e. The summed E-state index contributed by atoms with van der Waals surface area (Å²) in [5, 5.41) is 0. The Balaban J connectivity index is 1.52. The minimum Gasteiger partial charge on any atom is -0.496 e. The third kappa shape index (κ3) is 2.32. The number of hydrogen-bond donors (Lipinski definition) is 0. The molecule has 26 heavy (non-hydrogen) atoms. The van der Waals surface area contributed by atoms with Crippen molar-refractivity contribution in [2.75, 3.05) is 7.11 Å². The summed E-state index contributed by atoms with van der Waals surface area (Å²) in [4.78, 5) is 4.90. The normalized spacial score (nSPS) is 11.9. The van der Waals surface area contributed by atoms with Gasteiger partial charge in [0.15, 0.2) is 0 Å². The van der Waals surface area contributed by atoms with Crippen molar-refractivity contribution in [2.45, 2.75) is 6.54 Å². The van der Waals surface area contributed by atoms with Crippen LogP contribution in [0.2, 0.25) is 0 Å². The molecule has 0 amide bonds. The zero-order valence-electron chi connectivity index (χ0n) is 14.5. The molecule has 0 spiro atoms. The number of rotatable bonds is 3. The standard InChI is InChI=1S/C23H18N2O/c1-26-21-9-5-8-19-14-25-15-20(24-23(25)22(19)21)18-12-10-17(11-13-18)16-6-3-2-4-7-16/h2-13,15H,14H2,1H3.